The van der Waals surface area contributed by atoms with Gasteiger partial charge in [-0.15, -0.1) is 0 Å². The van der Waals surface area contributed by atoms with Gasteiger partial charge in [0.15, 0.2) is 0 Å². The van der Waals surface area contributed by atoms with Gasteiger partial charge in [-0.3, -0.25) is 4.90 Å². The highest BCUT2D eigenvalue weighted by Crippen LogP contribution is 2.16. The van der Waals surface area contributed by atoms with E-state index in [1.54, 1.807) is 7.11 Å². The van der Waals surface area contributed by atoms with E-state index >= 15 is 0 Å². The third-order valence-electron chi connectivity index (χ3n) is 3.52. The van der Waals surface area contributed by atoms with Crippen LogP contribution in [0.3, 0.4) is 0 Å². The molecule has 1 unspecified atom stereocenters. The molecule has 0 radical (unpaired) electrons. The van der Waals surface area contributed by atoms with Gasteiger partial charge in [0.05, 0.1) is 12.7 Å². The Morgan fingerprint density at radius 2 is 1.94 bits per heavy atom. The zero-order valence-electron chi connectivity index (χ0n) is 12.4. The minimum Gasteiger partial charge on any atom is -0.383 e. The number of rotatable bonds is 8. The molecule has 1 atom stereocenters. The molecule has 0 saturated carbocycles. The van der Waals surface area contributed by atoms with E-state index in [-0.39, 0.29) is 0 Å². The lowest BCUT2D eigenvalue weighted by molar-refractivity contribution is -0.00714. The average Bonchev–Trinajstić information content (AvgIpc) is 2.36. The summed E-state index contributed by atoms with van der Waals surface area (Å²) in [4.78, 5) is 2.54. The Morgan fingerprint density at radius 1 is 1.28 bits per heavy atom. The summed E-state index contributed by atoms with van der Waals surface area (Å²) in [5.74, 6) is 0. The lowest BCUT2D eigenvalue weighted by atomic mass is 10.1. The van der Waals surface area contributed by atoms with E-state index in [9.17, 15) is 0 Å². The molecule has 18 heavy (non-hydrogen) atoms. The first-order valence-corrected chi connectivity index (χ1v) is 7.25. The molecule has 1 rings (SSSR count). The lowest BCUT2D eigenvalue weighted by Gasteiger charge is -2.37. The molecule has 4 heteroatoms. The number of hydrogen-bond donors (Lipinski definition) is 1. The summed E-state index contributed by atoms with van der Waals surface area (Å²) >= 11 is 0. The summed E-state index contributed by atoms with van der Waals surface area (Å²) in [7, 11) is 1.79. The molecule has 0 aromatic rings. The Labute approximate surface area is 112 Å². The zero-order valence-corrected chi connectivity index (χ0v) is 12.4. The third-order valence-corrected chi connectivity index (χ3v) is 3.52. The van der Waals surface area contributed by atoms with Crippen LogP contribution < -0.4 is 5.32 Å². The monoisotopic (exact) mass is 258 g/mol. The Hall–Kier alpha value is -0.160. The van der Waals surface area contributed by atoms with Crippen LogP contribution in [0.4, 0.5) is 0 Å². The Bertz CT molecular complexity index is 204. The second-order valence-electron chi connectivity index (χ2n) is 5.36. The smallest absolute Gasteiger partial charge is 0.0630 e. The van der Waals surface area contributed by atoms with Gasteiger partial charge in [-0.1, -0.05) is 13.8 Å². The van der Waals surface area contributed by atoms with Crippen LogP contribution in [0.15, 0.2) is 0 Å². The molecule has 1 aliphatic heterocycles. The standard InChI is InChI=1S/C14H30N2O2/c1-5-18-14-6-8-16(9-7-14)13(11-17-4)10-15-12(2)3/h12-15H,5-11H2,1-4H3. The Kier molecular flexibility index (Phi) is 7.82. The first-order valence-electron chi connectivity index (χ1n) is 7.25. The fourth-order valence-corrected chi connectivity index (χ4v) is 2.50. The Morgan fingerprint density at radius 3 is 2.44 bits per heavy atom. The summed E-state index contributed by atoms with van der Waals surface area (Å²) < 4.78 is 11.0. The fraction of sp³-hybridized carbons (Fsp3) is 1.00. The summed E-state index contributed by atoms with van der Waals surface area (Å²) in [6.45, 7) is 11.3. The second kappa shape index (κ2) is 8.86. The molecule has 0 spiro atoms. The van der Waals surface area contributed by atoms with Crippen molar-refractivity contribution in [1.29, 1.82) is 0 Å². The molecular weight excluding hydrogens is 228 g/mol. The van der Waals surface area contributed by atoms with Crippen LogP contribution in [0.2, 0.25) is 0 Å². The predicted molar refractivity (Wildman–Crippen MR) is 75.0 cm³/mol. The zero-order chi connectivity index (χ0) is 13.4. The summed E-state index contributed by atoms with van der Waals surface area (Å²) in [6.07, 6.45) is 2.76. The van der Waals surface area contributed by atoms with Gasteiger partial charge in [0, 0.05) is 45.4 Å². The van der Waals surface area contributed by atoms with E-state index < -0.39 is 0 Å². The van der Waals surface area contributed by atoms with Crippen molar-refractivity contribution in [2.75, 3.05) is 40.0 Å². The van der Waals surface area contributed by atoms with Crippen LogP contribution in [-0.4, -0.2) is 63.0 Å². The molecule has 1 aliphatic rings. The van der Waals surface area contributed by atoms with E-state index in [1.165, 1.54) is 0 Å². The normalized spacial score (nSPS) is 20.5. The summed E-state index contributed by atoms with van der Waals surface area (Å²) in [5.41, 5.74) is 0. The molecule has 0 aromatic carbocycles. The number of nitrogens with one attached hydrogen (secondary N) is 1. The van der Waals surface area contributed by atoms with Gasteiger partial charge in [0.25, 0.3) is 0 Å². The second-order valence-corrected chi connectivity index (χ2v) is 5.36. The van der Waals surface area contributed by atoms with Crippen LogP contribution in [0.25, 0.3) is 0 Å². The number of ether oxygens (including phenoxy) is 2. The highest BCUT2D eigenvalue weighted by Gasteiger charge is 2.25. The van der Waals surface area contributed by atoms with Crippen LogP contribution in [0.5, 0.6) is 0 Å². The van der Waals surface area contributed by atoms with E-state index in [4.69, 9.17) is 9.47 Å². The number of methoxy groups -OCH3 is 1. The maximum absolute atomic E-state index is 5.70. The van der Waals surface area contributed by atoms with Crippen molar-refractivity contribution >= 4 is 0 Å². The van der Waals surface area contributed by atoms with Crippen LogP contribution >= 0.6 is 0 Å². The van der Waals surface area contributed by atoms with Gasteiger partial charge in [-0.2, -0.15) is 0 Å². The lowest BCUT2D eigenvalue weighted by Crippen LogP contribution is -2.50. The van der Waals surface area contributed by atoms with Crippen LogP contribution in [0, 0.1) is 0 Å². The third kappa shape index (κ3) is 5.65. The van der Waals surface area contributed by atoms with Crippen LogP contribution in [0.1, 0.15) is 33.6 Å². The largest absolute Gasteiger partial charge is 0.383 e. The van der Waals surface area contributed by atoms with Gasteiger partial charge < -0.3 is 14.8 Å². The molecule has 0 aliphatic carbocycles. The summed E-state index contributed by atoms with van der Waals surface area (Å²) in [5, 5.41) is 3.51. The first kappa shape index (κ1) is 15.9. The van der Waals surface area contributed by atoms with Gasteiger partial charge in [-0.05, 0) is 19.8 Å². The van der Waals surface area contributed by atoms with Crippen molar-refractivity contribution in [3.05, 3.63) is 0 Å². The van der Waals surface area contributed by atoms with Gasteiger partial charge >= 0.3 is 0 Å². The van der Waals surface area contributed by atoms with Gasteiger partial charge in [-0.25, -0.2) is 0 Å². The van der Waals surface area contributed by atoms with Crippen molar-refractivity contribution < 1.29 is 9.47 Å². The molecule has 0 aromatic heterocycles. The molecule has 0 bridgehead atoms. The molecule has 1 N–H and O–H groups in total. The molecule has 0 amide bonds. The van der Waals surface area contributed by atoms with Crippen LogP contribution in [-0.2, 0) is 9.47 Å². The fourth-order valence-electron chi connectivity index (χ4n) is 2.50. The summed E-state index contributed by atoms with van der Waals surface area (Å²) in [6, 6.07) is 1.02. The maximum atomic E-state index is 5.70. The van der Waals surface area contributed by atoms with Gasteiger partial charge in [0.1, 0.15) is 0 Å². The van der Waals surface area contributed by atoms with E-state index in [0.29, 0.717) is 18.2 Å². The average molecular weight is 258 g/mol. The van der Waals surface area contributed by atoms with Crippen molar-refractivity contribution in [1.82, 2.24) is 10.2 Å². The minimum atomic E-state index is 0.465. The number of hydrogen-bond acceptors (Lipinski definition) is 4. The molecule has 108 valence electrons. The predicted octanol–water partition coefficient (Wildman–Crippen LogP) is 1.50. The van der Waals surface area contributed by atoms with Crippen molar-refractivity contribution in [2.24, 2.45) is 0 Å². The van der Waals surface area contributed by atoms with Gasteiger partial charge in [0.2, 0.25) is 0 Å². The topological polar surface area (TPSA) is 33.7 Å². The van der Waals surface area contributed by atoms with E-state index in [1.807, 2.05) is 0 Å². The van der Waals surface area contributed by atoms with Crippen molar-refractivity contribution in [3.63, 3.8) is 0 Å². The maximum Gasteiger partial charge on any atom is 0.0630 e. The highest BCUT2D eigenvalue weighted by atomic mass is 16.5. The van der Waals surface area contributed by atoms with E-state index in [0.717, 1.165) is 45.7 Å². The highest BCUT2D eigenvalue weighted by molar-refractivity contribution is 4.80. The van der Waals surface area contributed by atoms with Crippen molar-refractivity contribution in [3.8, 4) is 0 Å². The minimum absolute atomic E-state index is 0.465. The molecule has 4 nitrogen and oxygen atoms in total. The number of nitrogens with zero attached hydrogens (tertiary/aromatic N) is 1. The molecule has 1 saturated heterocycles. The quantitative estimate of drug-likeness (QED) is 0.715. The number of likely N-dealkylation sites (tertiary alicyclic amines) is 1. The van der Waals surface area contributed by atoms with E-state index in [2.05, 4.69) is 31.0 Å². The Balaban J connectivity index is 2.34. The number of piperidine rings is 1. The molecular formula is C14H30N2O2. The SMILES string of the molecule is CCOC1CCN(C(CNC(C)C)COC)CC1. The molecule has 1 heterocycles. The first-order chi connectivity index (χ1) is 8.67. The van der Waals surface area contributed by atoms with Crippen molar-refractivity contribution in [2.45, 2.75) is 51.8 Å². The molecule has 1 fully saturated rings.